The first-order valence-electron chi connectivity index (χ1n) is 6.28. The summed E-state index contributed by atoms with van der Waals surface area (Å²) in [6.07, 6.45) is 2.01. The summed E-state index contributed by atoms with van der Waals surface area (Å²) < 4.78 is 16.0. The van der Waals surface area contributed by atoms with Gasteiger partial charge in [-0.15, -0.1) is 11.3 Å². The number of hydrogen-bond donors (Lipinski definition) is 1. The molecule has 0 aliphatic carbocycles. The summed E-state index contributed by atoms with van der Waals surface area (Å²) in [5, 5.41) is 3.37. The van der Waals surface area contributed by atoms with Gasteiger partial charge in [0.2, 0.25) is 0 Å². The van der Waals surface area contributed by atoms with Crippen LogP contribution in [0.25, 0.3) is 10.2 Å². The van der Waals surface area contributed by atoms with E-state index >= 15 is 0 Å². The van der Waals surface area contributed by atoms with Crippen LogP contribution in [-0.4, -0.2) is 11.2 Å². The smallest absolute Gasteiger partial charge is 0.150 e. The summed E-state index contributed by atoms with van der Waals surface area (Å²) >= 11 is 9.07. The number of benzene rings is 2. The normalized spacial score (nSPS) is 11.0. The number of thiazole rings is 1. The van der Waals surface area contributed by atoms with Gasteiger partial charge >= 0.3 is 0 Å². The van der Waals surface area contributed by atoms with Crippen molar-refractivity contribution in [1.82, 2.24) is 4.98 Å². The highest BCUT2D eigenvalue weighted by Gasteiger charge is 2.07. The van der Waals surface area contributed by atoms with Gasteiger partial charge in [-0.2, -0.15) is 0 Å². The average molecular weight is 339 g/mol. The summed E-state index contributed by atoms with van der Waals surface area (Å²) in [6.45, 7) is 0.395. The minimum Gasteiger partial charge on any atom is -0.381 e. The van der Waals surface area contributed by atoms with E-state index in [2.05, 4.69) is 10.3 Å². The number of nitrogens with one attached hydrogen (secondary N) is 1. The minimum absolute atomic E-state index is 0.150. The van der Waals surface area contributed by atoms with E-state index in [1.165, 1.54) is 0 Å². The minimum atomic E-state index is -0.366. The zero-order valence-corrected chi connectivity index (χ0v) is 13.6. The fraction of sp³-hybridized carbons (Fsp3) is 0.133. The van der Waals surface area contributed by atoms with E-state index in [4.69, 9.17) is 11.6 Å². The van der Waals surface area contributed by atoms with Crippen molar-refractivity contribution >= 4 is 50.6 Å². The predicted molar refractivity (Wildman–Crippen MR) is 90.1 cm³/mol. The van der Waals surface area contributed by atoms with Crippen LogP contribution in [0.2, 0.25) is 5.02 Å². The zero-order chi connectivity index (χ0) is 14.8. The van der Waals surface area contributed by atoms with Crippen molar-refractivity contribution < 1.29 is 4.39 Å². The Morgan fingerprint density at radius 2 is 2.19 bits per heavy atom. The highest BCUT2D eigenvalue weighted by atomic mass is 35.5. The lowest BCUT2D eigenvalue weighted by atomic mass is 10.2. The van der Waals surface area contributed by atoms with Gasteiger partial charge in [-0.3, -0.25) is 0 Å². The molecule has 0 unspecified atom stereocenters. The second kappa shape index (κ2) is 6.22. The predicted octanol–water partition coefficient (Wildman–Crippen LogP) is 5.42. The molecule has 108 valence electrons. The van der Waals surface area contributed by atoms with Gasteiger partial charge in [-0.25, -0.2) is 9.37 Å². The summed E-state index contributed by atoms with van der Waals surface area (Å²) in [7, 11) is 0. The van der Waals surface area contributed by atoms with Crippen LogP contribution in [0.1, 0.15) is 5.56 Å². The Hall–Kier alpha value is -1.30. The topological polar surface area (TPSA) is 24.9 Å². The molecule has 0 amide bonds. The average Bonchev–Trinajstić information content (AvgIpc) is 2.91. The van der Waals surface area contributed by atoms with Gasteiger partial charge in [-0.05, 0) is 30.5 Å². The summed E-state index contributed by atoms with van der Waals surface area (Å²) in [4.78, 5) is 4.49. The Morgan fingerprint density at radius 1 is 1.33 bits per heavy atom. The number of halogens is 2. The maximum absolute atomic E-state index is 13.8. The van der Waals surface area contributed by atoms with Crippen molar-refractivity contribution in [3.8, 4) is 0 Å². The lowest BCUT2D eigenvalue weighted by Gasteiger charge is -2.08. The molecule has 0 fully saturated rings. The van der Waals surface area contributed by atoms with Gasteiger partial charge in [-0.1, -0.05) is 35.5 Å². The highest BCUT2D eigenvalue weighted by molar-refractivity contribution is 8.00. The zero-order valence-electron chi connectivity index (χ0n) is 11.2. The number of thioether (sulfide) groups is 1. The van der Waals surface area contributed by atoms with Crippen molar-refractivity contribution in [3.05, 3.63) is 52.8 Å². The highest BCUT2D eigenvalue weighted by Crippen LogP contribution is 2.30. The van der Waals surface area contributed by atoms with E-state index in [0.717, 1.165) is 20.2 Å². The van der Waals surface area contributed by atoms with Crippen LogP contribution in [0.3, 0.4) is 0 Å². The standard InChI is InChI=1S/C15H12ClFN2S2/c1-20-15-19-12-6-5-10(7-13(12)21-15)18-8-9-3-2-4-11(16)14(9)17/h2-7,18H,8H2,1H3. The number of aromatic nitrogens is 1. The Labute approximate surface area is 135 Å². The summed E-state index contributed by atoms with van der Waals surface area (Å²) in [5.74, 6) is -0.366. The first kappa shape index (κ1) is 14.6. The Bertz CT molecular complexity index is 788. The van der Waals surface area contributed by atoms with Crippen LogP contribution in [0.5, 0.6) is 0 Å². The quantitative estimate of drug-likeness (QED) is 0.643. The lowest BCUT2D eigenvalue weighted by molar-refractivity contribution is 0.613. The van der Waals surface area contributed by atoms with Gasteiger partial charge in [0, 0.05) is 17.8 Å². The van der Waals surface area contributed by atoms with Crippen LogP contribution in [0.4, 0.5) is 10.1 Å². The Balaban J connectivity index is 1.80. The lowest BCUT2D eigenvalue weighted by Crippen LogP contribution is -2.01. The number of rotatable bonds is 4. The molecule has 1 heterocycles. The molecule has 0 atom stereocenters. The van der Waals surface area contributed by atoms with E-state index < -0.39 is 0 Å². The summed E-state index contributed by atoms with van der Waals surface area (Å²) in [5.41, 5.74) is 2.48. The van der Waals surface area contributed by atoms with E-state index in [0.29, 0.717) is 12.1 Å². The number of fused-ring (bicyclic) bond motifs is 1. The fourth-order valence-corrected chi connectivity index (χ4v) is 3.71. The van der Waals surface area contributed by atoms with Gasteiger partial charge in [0.25, 0.3) is 0 Å². The molecule has 0 spiro atoms. The molecule has 0 radical (unpaired) electrons. The van der Waals surface area contributed by atoms with Gasteiger partial charge < -0.3 is 5.32 Å². The molecule has 21 heavy (non-hydrogen) atoms. The van der Waals surface area contributed by atoms with Crippen molar-refractivity contribution in [1.29, 1.82) is 0 Å². The SMILES string of the molecule is CSc1nc2ccc(NCc3cccc(Cl)c3F)cc2s1. The first-order valence-corrected chi connectivity index (χ1v) is 8.70. The monoisotopic (exact) mass is 338 g/mol. The van der Waals surface area contributed by atoms with E-state index in [1.54, 1.807) is 41.3 Å². The first-order chi connectivity index (χ1) is 10.2. The van der Waals surface area contributed by atoms with Crippen molar-refractivity contribution in [2.24, 2.45) is 0 Å². The third kappa shape index (κ3) is 3.15. The molecule has 2 nitrogen and oxygen atoms in total. The number of anilines is 1. The van der Waals surface area contributed by atoms with Crippen molar-refractivity contribution in [2.45, 2.75) is 10.9 Å². The van der Waals surface area contributed by atoms with Crippen LogP contribution < -0.4 is 5.32 Å². The third-order valence-electron chi connectivity index (χ3n) is 3.06. The molecule has 1 N–H and O–H groups in total. The van der Waals surface area contributed by atoms with E-state index in [9.17, 15) is 4.39 Å². The van der Waals surface area contributed by atoms with Crippen LogP contribution in [-0.2, 0) is 6.54 Å². The van der Waals surface area contributed by atoms with Crippen LogP contribution >= 0.6 is 34.7 Å². The molecule has 3 aromatic rings. The third-order valence-corrected chi connectivity index (χ3v) is 5.35. The van der Waals surface area contributed by atoms with Crippen LogP contribution in [0, 0.1) is 5.82 Å². The van der Waals surface area contributed by atoms with E-state index in [-0.39, 0.29) is 10.8 Å². The second-order valence-electron chi connectivity index (χ2n) is 4.43. The van der Waals surface area contributed by atoms with Gasteiger partial charge in [0.05, 0.1) is 15.2 Å². The molecule has 2 aromatic carbocycles. The molecule has 0 saturated heterocycles. The van der Waals surface area contributed by atoms with Gasteiger partial charge in [0.15, 0.2) is 4.34 Å². The number of nitrogens with zero attached hydrogens (tertiary/aromatic N) is 1. The molecule has 0 aliphatic rings. The summed E-state index contributed by atoms with van der Waals surface area (Å²) in [6, 6.07) is 11.0. The molecule has 0 bridgehead atoms. The van der Waals surface area contributed by atoms with Crippen molar-refractivity contribution in [3.63, 3.8) is 0 Å². The van der Waals surface area contributed by atoms with Gasteiger partial charge in [0.1, 0.15) is 5.82 Å². The second-order valence-corrected chi connectivity index (χ2v) is 6.92. The molecular formula is C15H12ClFN2S2. The molecule has 0 aliphatic heterocycles. The maximum Gasteiger partial charge on any atom is 0.150 e. The number of hydrogen-bond acceptors (Lipinski definition) is 4. The Morgan fingerprint density at radius 3 is 3.00 bits per heavy atom. The molecular weight excluding hydrogens is 327 g/mol. The van der Waals surface area contributed by atoms with E-state index in [1.807, 2.05) is 24.5 Å². The van der Waals surface area contributed by atoms with Crippen LogP contribution in [0.15, 0.2) is 40.7 Å². The largest absolute Gasteiger partial charge is 0.381 e. The molecule has 3 rings (SSSR count). The molecule has 0 saturated carbocycles. The maximum atomic E-state index is 13.8. The molecule has 6 heteroatoms. The molecule has 1 aromatic heterocycles. The fourth-order valence-electron chi connectivity index (χ4n) is 1.98. The Kier molecular flexibility index (Phi) is 4.33. The van der Waals surface area contributed by atoms with Crippen molar-refractivity contribution in [2.75, 3.05) is 11.6 Å².